The molecule has 0 spiro atoms. The molecule has 1 aromatic heterocycles. The lowest BCUT2D eigenvalue weighted by atomic mass is 10.0. The van der Waals surface area contributed by atoms with Crippen molar-refractivity contribution >= 4 is 17.2 Å². The van der Waals surface area contributed by atoms with Crippen LogP contribution in [0.15, 0.2) is 11.4 Å². The first-order valence-electron chi connectivity index (χ1n) is 5.81. The quantitative estimate of drug-likeness (QED) is 0.895. The zero-order chi connectivity index (χ0) is 12.3. The number of likely N-dealkylation sites (tertiary alicyclic amines) is 1. The van der Waals surface area contributed by atoms with E-state index in [0.717, 1.165) is 25.8 Å². The number of thiophene rings is 1. The highest BCUT2D eigenvalue weighted by molar-refractivity contribution is 7.12. The fraction of sp³-hybridized carbons (Fsp3) is 0.583. The van der Waals surface area contributed by atoms with Crippen LogP contribution in [-0.4, -0.2) is 42.2 Å². The number of carbonyl (C=O) groups excluding carboxylic acids is 1. The van der Waals surface area contributed by atoms with Crippen LogP contribution in [0.1, 0.15) is 28.9 Å². The molecule has 0 aliphatic carbocycles. The molecule has 5 heteroatoms. The first-order valence-corrected chi connectivity index (χ1v) is 6.69. The molecule has 1 saturated heterocycles. The molecular formula is C12H17NO3S. The van der Waals surface area contributed by atoms with Crippen molar-refractivity contribution in [3.8, 4) is 5.75 Å². The molecule has 0 saturated carbocycles. The molecule has 2 heterocycles. The average Bonchev–Trinajstić information content (AvgIpc) is 2.86. The van der Waals surface area contributed by atoms with Crippen LogP contribution >= 0.6 is 11.3 Å². The largest absolute Gasteiger partial charge is 0.495 e. The molecule has 1 unspecified atom stereocenters. The number of amides is 1. The van der Waals surface area contributed by atoms with Crippen LogP contribution in [0.25, 0.3) is 0 Å². The van der Waals surface area contributed by atoms with Gasteiger partial charge in [0.2, 0.25) is 0 Å². The predicted molar refractivity (Wildman–Crippen MR) is 66.6 cm³/mol. The zero-order valence-corrected chi connectivity index (χ0v) is 10.7. The molecule has 4 nitrogen and oxygen atoms in total. The molecule has 1 atom stereocenters. The van der Waals surface area contributed by atoms with Crippen molar-refractivity contribution < 1.29 is 14.6 Å². The molecule has 1 fully saturated rings. The van der Waals surface area contributed by atoms with E-state index in [0.29, 0.717) is 10.6 Å². The second kappa shape index (κ2) is 5.51. The molecule has 1 aliphatic rings. The topological polar surface area (TPSA) is 49.8 Å². The molecule has 94 valence electrons. The first-order chi connectivity index (χ1) is 8.27. The van der Waals surface area contributed by atoms with Gasteiger partial charge in [0.25, 0.3) is 5.91 Å². The van der Waals surface area contributed by atoms with Crippen molar-refractivity contribution in [1.29, 1.82) is 0 Å². The summed E-state index contributed by atoms with van der Waals surface area (Å²) in [5.74, 6) is 0.609. The van der Waals surface area contributed by atoms with Gasteiger partial charge < -0.3 is 14.7 Å². The van der Waals surface area contributed by atoms with Gasteiger partial charge >= 0.3 is 0 Å². The summed E-state index contributed by atoms with van der Waals surface area (Å²) in [6, 6.07) is 1.76. The van der Waals surface area contributed by atoms with Crippen LogP contribution in [0, 0.1) is 0 Å². The monoisotopic (exact) mass is 255 g/mol. The molecule has 1 N–H and O–H groups in total. The number of rotatable bonds is 3. The molecule has 1 aliphatic heterocycles. The Balaban J connectivity index is 2.18. The van der Waals surface area contributed by atoms with E-state index in [4.69, 9.17) is 4.74 Å². The minimum absolute atomic E-state index is 0.0180. The van der Waals surface area contributed by atoms with E-state index in [9.17, 15) is 9.90 Å². The summed E-state index contributed by atoms with van der Waals surface area (Å²) in [6.45, 7) is 0.768. The summed E-state index contributed by atoms with van der Waals surface area (Å²) < 4.78 is 5.17. The zero-order valence-electron chi connectivity index (χ0n) is 9.89. The number of methoxy groups -OCH3 is 1. The summed E-state index contributed by atoms with van der Waals surface area (Å²) in [5, 5.41) is 11.2. The van der Waals surface area contributed by atoms with E-state index in [2.05, 4.69) is 0 Å². The molecular weight excluding hydrogens is 238 g/mol. The molecule has 0 aromatic carbocycles. The highest BCUT2D eigenvalue weighted by atomic mass is 32.1. The third-order valence-electron chi connectivity index (χ3n) is 3.14. The van der Waals surface area contributed by atoms with Gasteiger partial charge in [-0.15, -0.1) is 11.3 Å². The summed E-state index contributed by atoms with van der Waals surface area (Å²) in [5.41, 5.74) is 0. The van der Waals surface area contributed by atoms with E-state index >= 15 is 0 Å². The fourth-order valence-corrected chi connectivity index (χ4v) is 3.02. The Labute approximate surface area is 105 Å². The second-order valence-electron chi connectivity index (χ2n) is 4.15. The Morgan fingerprint density at radius 3 is 3.18 bits per heavy atom. The lowest BCUT2D eigenvalue weighted by Crippen LogP contribution is -2.45. The van der Waals surface area contributed by atoms with E-state index in [-0.39, 0.29) is 18.6 Å². The first kappa shape index (κ1) is 12.4. The van der Waals surface area contributed by atoms with Gasteiger partial charge in [-0.05, 0) is 30.7 Å². The third-order valence-corrected chi connectivity index (χ3v) is 4.03. The number of nitrogens with zero attached hydrogens (tertiary/aromatic N) is 1. The van der Waals surface area contributed by atoms with Crippen LogP contribution in [0.2, 0.25) is 0 Å². The van der Waals surface area contributed by atoms with Crippen LogP contribution in [-0.2, 0) is 0 Å². The smallest absolute Gasteiger partial charge is 0.268 e. The Morgan fingerprint density at radius 2 is 2.47 bits per heavy atom. The summed E-state index contributed by atoms with van der Waals surface area (Å²) in [4.78, 5) is 14.8. The van der Waals surface area contributed by atoms with Crippen molar-refractivity contribution in [2.75, 3.05) is 20.3 Å². The van der Waals surface area contributed by atoms with Crippen LogP contribution in [0.3, 0.4) is 0 Å². The Kier molecular flexibility index (Phi) is 4.02. The average molecular weight is 255 g/mol. The van der Waals surface area contributed by atoms with Crippen LogP contribution in [0.4, 0.5) is 0 Å². The Morgan fingerprint density at radius 1 is 1.65 bits per heavy atom. The molecule has 1 aromatic rings. The number of ether oxygens (including phenoxy) is 1. The van der Waals surface area contributed by atoms with Gasteiger partial charge in [-0.3, -0.25) is 4.79 Å². The molecule has 1 amide bonds. The van der Waals surface area contributed by atoms with Crippen molar-refractivity contribution in [2.45, 2.75) is 25.3 Å². The lowest BCUT2D eigenvalue weighted by molar-refractivity contribution is 0.0505. The maximum absolute atomic E-state index is 12.4. The van der Waals surface area contributed by atoms with Crippen molar-refractivity contribution in [2.24, 2.45) is 0 Å². The molecule has 0 radical (unpaired) electrons. The number of aliphatic hydroxyl groups excluding tert-OH is 1. The molecule has 2 rings (SSSR count). The number of aliphatic hydroxyl groups is 1. The number of piperidine rings is 1. The third kappa shape index (κ3) is 2.45. The maximum atomic E-state index is 12.4. The van der Waals surface area contributed by atoms with Gasteiger partial charge in [0.1, 0.15) is 10.6 Å². The van der Waals surface area contributed by atoms with E-state index in [1.165, 1.54) is 11.3 Å². The predicted octanol–water partition coefficient (Wildman–Crippen LogP) is 1.74. The van der Waals surface area contributed by atoms with Crippen molar-refractivity contribution in [3.63, 3.8) is 0 Å². The van der Waals surface area contributed by atoms with E-state index in [1.807, 2.05) is 5.38 Å². The van der Waals surface area contributed by atoms with Crippen molar-refractivity contribution in [3.05, 3.63) is 16.3 Å². The fourth-order valence-electron chi connectivity index (χ4n) is 2.20. The highest BCUT2D eigenvalue weighted by Gasteiger charge is 2.29. The van der Waals surface area contributed by atoms with Crippen molar-refractivity contribution in [1.82, 2.24) is 4.90 Å². The van der Waals surface area contributed by atoms with E-state index in [1.54, 1.807) is 18.1 Å². The normalized spacial score (nSPS) is 20.4. The van der Waals surface area contributed by atoms with E-state index < -0.39 is 0 Å². The number of carbonyl (C=O) groups is 1. The summed E-state index contributed by atoms with van der Waals surface area (Å²) in [6.07, 6.45) is 2.97. The lowest BCUT2D eigenvalue weighted by Gasteiger charge is -2.34. The number of hydrogen-bond acceptors (Lipinski definition) is 4. The summed E-state index contributed by atoms with van der Waals surface area (Å²) in [7, 11) is 1.57. The Hall–Kier alpha value is -1.07. The van der Waals surface area contributed by atoms with Gasteiger partial charge in [0.05, 0.1) is 19.8 Å². The second-order valence-corrected chi connectivity index (χ2v) is 5.06. The minimum atomic E-state index is -0.0388. The Bertz CT molecular complexity index is 391. The van der Waals surface area contributed by atoms with Gasteiger partial charge in [-0.2, -0.15) is 0 Å². The molecule has 17 heavy (non-hydrogen) atoms. The number of hydrogen-bond donors (Lipinski definition) is 1. The van der Waals surface area contributed by atoms with Gasteiger partial charge in [0.15, 0.2) is 0 Å². The van der Waals surface area contributed by atoms with Gasteiger partial charge in [-0.1, -0.05) is 0 Å². The van der Waals surface area contributed by atoms with Crippen LogP contribution < -0.4 is 4.74 Å². The van der Waals surface area contributed by atoms with Crippen LogP contribution in [0.5, 0.6) is 5.75 Å². The van der Waals surface area contributed by atoms with Gasteiger partial charge in [-0.25, -0.2) is 0 Å². The summed E-state index contributed by atoms with van der Waals surface area (Å²) >= 11 is 1.39. The molecule has 0 bridgehead atoms. The standard InChI is InChI=1S/C12H17NO3S/c1-16-10-5-7-17-11(10)12(15)13-6-3-2-4-9(13)8-14/h5,7,9,14H,2-4,6,8H2,1H3. The highest BCUT2D eigenvalue weighted by Crippen LogP contribution is 2.28. The minimum Gasteiger partial charge on any atom is -0.495 e. The van der Waals surface area contributed by atoms with Gasteiger partial charge in [0, 0.05) is 6.54 Å². The SMILES string of the molecule is COc1ccsc1C(=O)N1CCCCC1CO. The maximum Gasteiger partial charge on any atom is 0.268 e.